The summed E-state index contributed by atoms with van der Waals surface area (Å²) in [5.41, 5.74) is 5.66. The predicted octanol–water partition coefficient (Wildman–Crippen LogP) is 0.649. The fourth-order valence-corrected chi connectivity index (χ4v) is 0.932. The average Bonchev–Trinajstić information content (AvgIpc) is 2.37. The molecule has 1 heterocycles. The molecule has 0 saturated carbocycles. The van der Waals surface area contributed by atoms with Crippen molar-refractivity contribution >= 4 is 5.84 Å². The Labute approximate surface area is 72.1 Å². The molecule has 0 radical (unpaired) electrons. The molecule has 1 rings (SSSR count). The van der Waals surface area contributed by atoms with Crippen molar-refractivity contribution in [3.05, 3.63) is 18.5 Å². The Morgan fingerprint density at radius 2 is 2.42 bits per heavy atom. The smallest absolute Gasteiger partial charge is 0.116 e. The van der Waals surface area contributed by atoms with E-state index in [1.54, 1.807) is 10.9 Å². The maximum atomic E-state index is 5.66. The van der Waals surface area contributed by atoms with Crippen LogP contribution in [0, 0.1) is 0 Å². The predicted molar refractivity (Wildman–Crippen MR) is 49.0 cm³/mol. The van der Waals surface area contributed by atoms with E-state index in [0.29, 0.717) is 12.4 Å². The van der Waals surface area contributed by atoms with Crippen molar-refractivity contribution in [2.45, 2.75) is 26.4 Å². The Morgan fingerprint density at radius 1 is 1.67 bits per heavy atom. The number of rotatable bonds is 3. The molecule has 66 valence electrons. The molecule has 1 aromatic heterocycles. The molecule has 0 saturated heterocycles. The van der Waals surface area contributed by atoms with Gasteiger partial charge >= 0.3 is 0 Å². The maximum Gasteiger partial charge on any atom is 0.116 e. The van der Waals surface area contributed by atoms with Crippen LogP contribution in [0.5, 0.6) is 0 Å². The molecule has 0 fully saturated rings. The molecule has 12 heavy (non-hydrogen) atoms. The zero-order valence-corrected chi connectivity index (χ0v) is 7.44. The highest BCUT2D eigenvalue weighted by atomic mass is 15.3. The second kappa shape index (κ2) is 3.90. The largest absolute Gasteiger partial charge is 0.386 e. The molecule has 0 unspecified atom stereocenters. The highest BCUT2D eigenvalue weighted by Gasteiger charge is 1.95. The van der Waals surface area contributed by atoms with Crippen molar-refractivity contribution in [2.75, 3.05) is 0 Å². The Kier molecular flexibility index (Phi) is 2.85. The second-order valence-electron chi connectivity index (χ2n) is 2.92. The average molecular weight is 166 g/mol. The molecule has 4 nitrogen and oxygen atoms in total. The zero-order valence-electron chi connectivity index (χ0n) is 7.44. The molecule has 0 spiro atoms. The van der Waals surface area contributed by atoms with Gasteiger partial charge in [-0.2, -0.15) is 5.10 Å². The van der Waals surface area contributed by atoms with Crippen LogP contribution in [0.3, 0.4) is 0 Å². The van der Waals surface area contributed by atoms with E-state index in [4.69, 9.17) is 5.73 Å². The normalized spacial score (nSPS) is 12.4. The summed E-state index contributed by atoms with van der Waals surface area (Å²) in [6.45, 7) is 4.57. The highest BCUT2D eigenvalue weighted by molar-refractivity contribution is 5.80. The van der Waals surface area contributed by atoms with Crippen molar-refractivity contribution in [3.63, 3.8) is 0 Å². The number of hydrogen-bond acceptors (Lipinski definition) is 2. The molecule has 0 aromatic carbocycles. The molecule has 1 aromatic rings. The maximum absolute atomic E-state index is 5.66. The van der Waals surface area contributed by atoms with Crippen LogP contribution in [0.1, 0.15) is 13.8 Å². The first kappa shape index (κ1) is 8.77. The van der Waals surface area contributed by atoms with Crippen molar-refractivity contribution < 1.29 is 0 Å². The van der Waals surface area contributed by atoms with Crippen molar-refractivity contribution in [3.8, 4) is 0 Å². The van der Waals surface area contributed by atoms with E-state index in [2.05, 4.69) is 10.1 Å². The van der Waals surface area contributed by atoms with Crippen LogP contribution < -0.4 is 5.73 Å². The number of nitrogens with two attached hydrogens (primary N) is 1. The lowest BCUT2D eigenvalue weighted by Gasteiger charge is -2.02. The highest BCUT2D eigenvalue weighted by Crippen LogP contribution is 1.88. The lowest BCUT2D eigenvalue weighted by atomic mass is 10.4. The molecule has 2 N–H and O–H groups in total. The fourth-order valence-electron chi connectivity index (χ4n) is 0.932. The summed E-state index contributed by atoms with van der Waals surface area (Å²) in [5.74, 6) is 0.619. The summed E-state index contributed by atoms with van der Waals surface area (Å²) in [4.78, 5) is 4.19. The molecular formula is C8H14N4. The van der Waals surface area contributed by atoms with Crippen molar-refractivity contribution in [1.82, 2.24) is 9.78 Å². The minimum Gasteiger partial charge on any atom is -0.386 e. The van der Waals surface area contributed by atoms with Crippen LogP contribution in [-0.2, 0) is 6.54 Å². The van der Waals surface area contributed by atoms with Gasteiger partial charge < -0.3 is 5.73 Å². The third-order valence-electron chi connectivity index (χ3n) is 1.31. The lowest BCUT2D eigenvalue weighted by Crippen LogP contribution is -2.21. The lowest BCUT2D eigenvalue weighted by molar-refractivity contribution is 0.710. The summed E-state index contributed by atoms with van der Waals surface area (Å²) >= 11 is 0. The minimum absolute atomic E-state index is 0.251. The van der Waals surface area contributed by atoms with E-state index in [0.717, 1.165) is 0 Å². The molecule has 0 atom stereocenters. The molecule has 0 aliphatic heterocycles. The Bertz CT molecular complexity index is 248. The van der Waals surface area contributed by atoms with E-state index >= 15 is 0 Å². The number of amidine groups is 1. The molecule has 4 heteroatoms. The van der Waals surface area contributed by atoms with Gasteiger partial charge in [-0.05, 0) is 19.9 Å². The van der Waals surface area contributed by atoms with Gasteiger partial charge in [0, 0.05) is 18.4 Å². The summed E-state index contributed by atoms with van der Waals surface area (Å²) in [5, 5.41) is 4.02. The zero-order chi connectivity index (χ0) is 8.97. The molecular weight excluding hydrogens is 152 g/mol. The van der Waals surface area contributed by atoms with Gasteiger partial charge in [0.2, 0.25) is 0 Å². The molecule has 0 aliphatic rings. The van der Waals surface area contributed by atoms with Gasteiger partial charge in [-0.15, -0.1) is 0 Å². The monoisotopic (exact) mass is 166 g/mol. The number of aliphatic imine (C=N–C) groups is 1. The van der Waals surface area contributed by atoms with E-state index in [1.165, 1.54) is 0 Å². The fraction of sp³-hybridized carbons (Fsp3) is 0.500. The molecule has 0 aliphatic carbocycles. The van der Waals surface area contributed by atoms with Crippen molar-refractivity contribution in [1.29, 1.82) is 0 Å². The Balaban J connectivity index is 2.52. The molecule has 0 amide bonds. The third kappa shape index (κ3) is 2.74. The Hall–Kier alpha value is -1.32. The van der Waals surface area contributed by atoms with Crippen molar-refractivity contribution in [2.24, 2.45) is 10.7 Å². The van der Waals surface area contributed by atoms with E-state index in [-0.39, 0.29) is 6.04 Å². The Morgan fingerprint density at radius 3 is 2.92 bits per heavy atom. The third-order valence-corrected chi connectivity index (χ3v) is 1.31. The van der Waals surface area contributed by atoms with Gasteiger partial charge in [0.25, 0.3) is 0 Å². The quantitative estimate of drug-likeness (QED) is 0.529. The van der Waals surface area contributed by atoms with E-state index in [9.17, 15) is 0 Å². The number of aromatic nitrogens is 2. The first-order chi connectivity index (χ1) is 5.68. The number of nitrogens with zero attached hydrogens (tertiary/aromatic N) is 3. The summed E-state index contributed by atoms with van der Waals surface area (Å²) in [7, 11) is 0. The summed E-state index contributed by atoms with van der Waals surface area (Å²) < 4.78 is 1.75. The van der Waals surface area contributed by atoms with Gasteiger partial charge in [-0.25, -0.2) is 0 Å². The van der Waals surface area contributed by atoms with Crippen LogP contribution in [0.4, 0.5) is 0 Å². The number of hydrogen-bond donors (Lipinski definition) is 1. The van der Waals surface area contributed by atoms with E-state index in [1.807, 2.05) is 26.1 Å². The topological polar surface area (TPSA) is 56.2 Å². The van der Waals surface area contributed by atoms with Crippen LogP contribution in [0.25, 0.3) is 0 Å². The molecule has 0 bridgehead atoms. The van der Waals surface area contributed by atoms with Gasteiger partial charge in [0.05, 0.1) is 6.54 Å². The summed E-state index contributed by atoms with van der Waals surface area (Å²) in [6, 6.07) is 2.11. The van der Waals surface area contributed by atoms with Crippen LogP contribution in [-0.4, -0.2) is 21.7 Å². The van der Waals surface area contributed by atoms with E-state index < -0.39 is 0 Å². The van der Waals surface area contributed by atoms with Gasteiger partial charge in [0.15, 0.2) is 0 Å². The SMILES string of the molecule is CC(C)N=C(N)Cn1cccn1. The first-order valence-corrected chi connectivity index (χ1v) is 3.98. The van der Waals surface area contributed by atoms with Gasteiger partial charge in [-0.1, -0.05) is 0 Å². The second-order valence-corrected chi connectivity index (χ2v) is 2.92. The minimum atomic E-state index is 0.251. The summed E-state index contributed by atoms with van der Waals surface area (Å²) in [6.07, 6.45) is 3.59. The van der Waals surface area contributed by atoms with Gasteiger partial charge in [-0.3, -0.25) is 9.67 Å². The van der Waals surface area contributed by atoms with Gasteiger partial charge in [0.1, 0.15) is 5.84 Å². The first-order valence-electron chi connectivity index (χ1n) is 3.98. The van der Waals surface area contributed by atoms with Crippen LogP contribution >= 0.6 is 0 Å². The standard InChI is InChI=1S/C8H14N4/c1-7(2)11-8(9)6-12-5-3-4-10-12/h3-5,7H,6H2,1-2H3,(H2,9,11). The van der Waals surface area contributed by atoms with Crippen LogP contribution in [0.15, 0.2) is 23.5 Å². The van der Waals surface area contributed by atoms with Crippen LogP contribution in [0.2, 0.25) is 0 Å².